The lowest BCUT2D eigenvalue weighted by atomic mass is 9.93. The van der Waals surface area contributed by atoms with Gasteiger partial charge in [0.1, 0.15) is 0 Å². The van der Waals surface area contributed by atoms with Gasteiger partial charge in [-0.25, -0.2) is 0 Å². The number of pyridine rings is 1. The molecule has 1 aliphatic heterocycles. The molecule has 0 bridgehead atoms. The second kappa shape index (κ2) is 6.22. The topological polar surface area (TPSA) is 54.0 Å². The molecule has 4 heteroatoms. The zero-order valence-corrected chi connectivity index (χ0v) is 12.3. The van der Waals surface area contributed by atoms with Crippen molar-refractivity contribution in [3.63, 3.8) is 0 Å². The summed E-state index contributed by atoms with van der Waals surface area (Å²) in [6.45, 7) is 3.95. The first-order chi connectivity index (χ1) is 10.3. The van der Waals surface area contributed by atoms with Gasteiger partial charge < -0.3 is 10.6 Å². The third-order valence-electron chi connectivity index (χ3n) is 4.29. The lowest BCUT2D eigenvalue weighted by molar-refractivity contribution is 0.0945. The molecule has 1 saturated heterocycles. The molecule has 1 aromatic heterocycles. The van der Waals surface area contributed by atoms with E-state index in [-0.39, 0.29) is 5.91 Å². The van der Waals surface area contributed by atoms with Crippen LogP contribution < -0.4 is 10.6 Å². The molecule has 0 aliphatic carbocycles. The highest BCUT2D eigenvalue weighted by Crippen LogP contribution is 2.17. The molecule has 0 spiro atoms. The van der Waals surface area contributed by atoms with Gasteiger partial charge in [0.15, 0.2) is 0 Å². The summed E-state index contributed by atoms with van der Waals surface area (Å²) in [5, 5.41) is 7.53. The largest absolute Gasteiger partial charge is 0.350 e. The number of piperidine rings is 1. The van der Waals surface area contributed by atoms with Crippen LogP contribution >= 0.6 is 0 Å². The summed E-state index contributed by atoms with van der Waals surface area (Å²) in [6, 6.07) is 9.94. The van der Waals surface area contributed by atoms with Crippen LogP contribution in [0, 0.1) is 5.92 Å². The number of carbonyl (C=O) groups excluding carboxylic acids is 1. The van der Waals surface area contributed by atoms with Crippen LogP contribution in [-0.2, 0) is 0 Å². The van der Waals surface area contributed by atoms with Crippen molar-refractivity contribution in [2.24, 2.45) is 5.92 Å². The van der Waals surface area contributed by atoms with Crippen LogP contribution in [0.4, 0.5) is 0 Å². The molecule has 2 aromatic rings. The monoisotopic (exact) mass is 283 g/mol. The summed E-state index contributed by atoms with van der Waals surface area (Å²) in [6.07, 6.45) is 4.17. The smallest absolute Gasteiger partial charge is 0.253 e. The average Bonchev–Trinajstić information content (AvgIpc) is 2.53. The maximum absolute atomic E-state index is 12.4. The Kier molecular flexibility index (Phi) is 4.15. The molecule has 110 valence electrons. The van der Waals surface area contributed by atoms with Crippen LogP contribution in [0.3, 0.4) is 0 Å². The van der Waals surface area contributed by atoms with Gasteiger partial charge in [-0.3, -0.25) is 9.78 Å². The van der Waals surface area contributed by atoms with Crippen molar-refractivity contribution in [3.05, 3.63) is 42.1 Å². The number of aromatic nitrogens is 1. The van der Waals surface area contributed by atoms with E-state index in [1.165, 1.54) is 12.8 Å². The molecule has 4 nitrogen and oxygen atoms in total. The van der Waals surface area contributed by atoms with Crippen molar-refractivity contribution in [2.75, 3.05) is 13.1 Å². The van der Waals surface area contributed by atoms with Crippen LogP contribution in [0.5, 0.6) is 0 Å². The van der Waals surface area contributed by atoms with E-state index in [0.29, 0.717) is 24.1 Å². The Bertz CT molecular complexity index is 635. The number of fused-ring (bicyclic) bond motifs is 1. The van der Waals surface area contributed by atoms with E-state index in [1.807, 2.05) is 30.3 Å². The van der Waals surface area contributed by atoms with Crippen molar-refractivity contribution in [1.29, 1.82) is 0 Å². The quantitative estimate of drug-likeness (QED) is 0.909. The molecule has 0 unspecified atom stereocenters. The zero-order valence-electron chi connectivity index (χ0n) is 12.3. The number of nitrogens with one attached hydrogen (secondary N) is 2. The number of rotatable bonds is 3. The normalized spacial score (nSPS) is 22.1. The SMILES string of the molecule is C[C@@H]1CCCN[C@H]1CNC(=O)c1cccc2cccnc12. The summed E-state index contributed by atoms with van der Waals surface area (Å²) in [5.41, 5.74) is 1.42. The minimum atomic E-state index is -0.0427. The molecule has 2 atom stereocenters. The Labute approximate surface area is 125 Å². The number of amides is 1. The second-order valence-electron chi connectivity index (χ2n) is 5.77. The first-order valence-corrected chi connectivity index (χ1v) is 7.61. The molecular formula is C17H21N3O. The lowest BCUT2D eigenvalue weighted by Crippen LogP contribution is -2.47. The first kappa shape index (κ1) is 14.0. The van der Waals surface area contributed by atoms with Gasteiger partial charge in [0.2, 0.25) is 0 Å². The van der Waals surface area contributed by atoms with Crippen molar-refractivity contribution in [1.82, 2.24) is 15.6 Å². The van der Waals surface area contributed by atoms with Gasteiger partial charge >= 0.3 is 0 Å². The Morgan fingerprint density at radius 2 is 2.24 bits per heavy atom. The van der Waals surface area contributed by atoms with E-state index in [0.717, 1.165) is 17.4 Å². The van der Waals surface area contributed by atoms with Crippen LogP contribution in [-0.4, -0.2) is 30.0 Å². The predicted octanol–water partition coefficient (Wildman–Crippen LogP) is 2.35. The van der Waals surface area contributed by atoms with Crippen LogP contribution in [0.25, 0.3) is 10.9 Å². The molecule has 1 fully saturated rings. The van der Waals surface area contributed by atoms with Crippen molar-refractivity contribution in [2.45, 2.75) is 25.8 Å². The van der Waals surface area contributed by atoms with E-state index in [4.69, 9.17) is 0 Å². The van der Waals surface area contributed by atoms with Gasteiger partial charge in [-0.2, -0.15) is 0 Å². The van der Waals surface area contributed by atoms with Gasteiger partial charge in [0.25, 0.3) is 5.91 Å². The minimum absolute atomic E-state index is 0.0427. The fourth-order valence-electron chi connectivity index (χ4n) is 2.97. The summed E-state index contributed by atoms with van der Waals surface area (Å²) in [7, 11) is 0. The van der Waals surface area contributed by atoms with Gasteiger partial charge in [-0.05, 0) is 37.4 Å². The van der Waals surface area contributed by atoms with E-state index in [9.17, 15) is 4.79 Å². The molecule has 0 saturated carbocycles. The minimum Gasteiger partial charge on any atom is -0.350 e. The average molecular weight is 283 g/mol. The standard InChI is InChI=1S/C17H21N3O/c1-12-5-3-9-18-15(12)11-20-17(21)14-8-2-6-13-7-4-10-19-16(13)14/h2,4,6-8,10,12,15,18H,3,5,9,11H2,1H3,(H,20,21)/t12-,15+/m1/s1. The Hall–Kier alpha value is -1.94. The Morgan fingerprint density at radius 1 is 1.38 bits per heavy atom. The van der Waals surface area contributed by atoms with Crippen molar-refractivity contribution >= 4 is 16.8 Å². The summed E-state index contributed by atoms with van der Waals surface area (Å²) in [4.78, 5) is 16.8. The van der Waals surface area contributed by atoms with Gasteiger partial charge in [-0.1, -0.05) is 25.1 Å². The van der Waals surface area contributed by atoms with Gasteiger partial charge in [0.05, 0.1) is 11.1 Å². The van der Waals surface area contributed by atoms with Gasteiger partial charge in [0, 0.05) is 24.2 Å². The molecule has 0 radical (unpaired) electrons. The lowest BCUT2D eigenvalue weighted by Gasteiger charge is -2.30. The van der Waals surface area contributed by atoms with Crippen molar-refractivity contribution < 1.29 is 4.79 Å². The molecule has 21 heavy (non-hydrogen) atoms. The van der Waals surface area contributed by atoms with E-state index < -0.39 is 0 Å². The van der Waals surface area contributed by atoms with E-state index in [1.54, 1.807) is 6.20 Å². The molecular weight excluding hydrogens is 262 g/mol. The molecule has 3 rings (SSSR count). The van der Waals surface area contributed by atoms with Crippen LogP contribution in [0.1, 0.15) is 30.1 Å². The third-order valence-corrected chi connectivity index (χ3v) is 4.29. The van der Waals surface area contributed by atoms with E-state index in [2.05, 4.69) is 22.5 Å². The Balaban J connectivity index is 1.72. The summed E-state index contributed by atoms with van der Waals surface area (Å²) < 4.78 is 0. The molecule has 2 heterocycles. The third kappa shape index (κ3) is 3.05. The second-order valence-corrected chi connectivity index (χ2v) is 5.77. The number of benzene rings is 1. The highest BCUT2D eigenvalue weighted by molar-refractivity contribution is 6.05. The fourth-order valence-corrected chi connectivity index (χ4v) is 2.97. The van der Waals surface area contributed by atoms with E-state index >= 15 is 0 Å². The molecule has 1 aliphatic rings. The number of carbonyl (C=O) groups is 1. The maximum atomic E-state index is 12.4. The number of hydrogen-bond donors (Lipinski definition) is 2. The van der Waals surface area contributed by atoms with Crippen LogP contribution in [0.15, 0.2) is 36.5 Å². The highest BCUT2D eigenvalue weighted by atomic mass is 16.1. The first-order valence-electron chi connectivity index (χ1n) is 7.61. The summed E-state index contributed by atoms with van der Waals surface area (Å²) >= 11 is 0. The Morgan fingerprint density at radius 3 is 3.10 bits per heavy atom. The predicted molar refractivity (Wildman–Crippen MR) is 84.3 cm³/mol. The number of hydrogen-bond acceptors (Lipinski definition) is 3. The van der Waals surface area contributed by atoms with Crippen molar-refractivity contribution in [3.8, 4) is 0 Å². The van der Waals surface area contributed by atoms with Crippen LogP contribution in [0.2, 0.25) is 0 Å². The number of para-hydroxylation sites is 1. The zero-order chi connectivity index (χ0) is 14.7. The molecule has 1 amide bonds. The van der Waals surface area contributed by atoms with Gasteiger partial charge in [-0.15, -0.1) is 0 Å². The fraction of sp³-hybridized carbons (Fsp3) is 0.412. The summed E-state index contributed by atoms with van der Waals surface area (Å²) in [5.74, 6) is 0.559. The number of nitrogens with zero attached hydrogens (tertiary/aromatic N) is 1. The molecule has 1 aromatic carbocycles. The maximum Gasteiger partial charge on any atom is 0.253 e. The highest BCUT2D eigenvalue weighted by Gasteiger charge is 2.21. The molecule has 2 N–H and O–H groups in total.